The van der Waals surface area contributed by atoms with Crippen LogP contribution >= 0.6 is 0 Å². The van der Waals surface area contributed by atoms with Crippen LogP contribution in [-0.2, 0) is 11.2 Å². The first-order valence-corrected chi connectivity index (χ1v) is 11.4. The van der Waals surface area contributed by atoms with Gasteiger partial charge in [0.05, 0.1) is 31.1 Å². The maximum atomic E-state index is 12.6. The Morgan fingerprint density at radius 3 is 2.61 bits per heavy atom. The molecule has 2 aromatic carbocycles. The maximum absolute atomic E-state index is 12.6. The van der Waals surface area contributed by atoms with Gasteiger partial charge in [0.25, 0.3) is 0 Å². The third-order valence-electron chi connectivity index (χ3n) is 5.93. The van der Waals surface area contributed by atoms with Gasteiger partial charge < -0.3 is 23.7 Å². The number of aliphatic hydroxyl groups is 1. The van der Waals surface area contributed by atoms with E-state index in [0.717, 1.165) is 29.6 Å². The van der Waals surface area contributed by atoms with E-state index in [-0.39, 0.29) is 12.4 Å². The molecule has 1 aliphatic heterocycles. The largest absolute Gasteiger partial charge is 0.487 e. The van der Waals surface area contributed by atoms with Crippen LogP contribution in [-0.4, -0.2) is 68.0 Å². The Balaban J connectivity index is 1.57. The van der Waals surface area contributed by atoms with Crippen LogP contribution in [0.1, 0.15) is 28.4 Å². The Kier molecular flexibility index (Phi) is 7.65. The Labute approximate surface area is 193 Å². The maximum Gasteiger partial charge on any atom is 0.205 e. The minimum atomic E-state index is -0.722. The Bertz CT molecular complexity index is 1070. The number of hydrogen-bond acceptors (Lipinski definition) is 7. The summed E-state index contributed by atoms with van der Waals surface area (Å²) in [6.45, 7) is 7.70. The van der Waals surface area contributed by atoms with Gasteiger partial charge in [0.1, 0.15) is 13.2 Å². The van der Waals surface area contributed by atoms with Crippen molar-refractivity contribution >= 4 is 16.8 Å². The number of carbonyl (C=O) groups excluding carboxylic acids is 1. The van der Waals surface area contributed by atoms with Crippen molar-refractivity contribution in [2.75, 3.05) is 46.1 Å². The SMILES string of the molecule is CC(=O)c1c(OCCN2CCOCC2)c(OC[C@@H](O)Cc2ccccc2)c2occc2c1C. The lowest BCUT2D eigenvalue weighted by molar-refractivity contribution is 0.0319. The van der Waals surface area contributed by atoms with Gasteiger partial charge in [0, 0.05) is 31.4 Å². The van der Waals surface area contributed by atoms with Crippen molar-refractivity contribution < 1.29 is 28.5 Å². The highest BCUT2D eigenvalue weighted by molar-refractivity contribution is 6.05. The minimum absolute atomic E-state index is 0.0466. The summed E-state index contributed by atoms with van der Waals surface area (Å²) in [6, 6.07) is 11.6. The molecule has 1 fully saturated rings. The molecule has 1 aliphatic rings. The van der Waals surface area contributed by atoms with Crippen LogP contribution in [0.2, 0.25) is 0 Å². The number of morpholine rings is 1. The molecular weight excluding hydrogens is 422 g/mol. The molecule has 0 amide bonds. The van der Waals surface area contributed by atoms with Gasteiger partial charge in [-0.2, -0.15) is 0 Å². The molecule has 7 nitrogen and oxygen atoms in total. The summed E-state index contributed by atoms with van der Waals surface area (Å²) < 4.78 is 23.4. The van der Waals surface area contributed by atoms with E-state index >= 15 is 0 Å². The number of aryl methyl sites for hydroxylation is 1. The summed E-state index contributed by atoms with van der Waals surface area (Å²) in [4.78, 5) is 14.9. The molecule has 0 radical (unpaired) electrons. The lowest BCUT2D eigenvalue weighted by atomic mass is 9.99. The highest BCUT2D eigenvalue weighted by Crippen LogP contribution is 2.43. The van der Waals surface area contributed by atoms with Crippen LogP contribution in [0.25, 0.3) is 11.0 Å². The van der Waals surface area contributed by atoms with E-state index in [0.29, 0.717) is 55.4 Å². The summed E-state index contributed by atoms with van der Waals surface area (Å²) in [5.74, 6) is 0.633. The predicted octanol–water partition coefficient (Wildman–Crippen LogP) is 3.64. The van der Waals surface area contributed by atoms with Crippen molar-refractivity contribution in [1.29, 1.82) is 0 Å². The van der Waals surface area contributed by atoms with E-state index in [1.807, 2.05) is 43.3 Å². The van der Waals surface area contributed by atoms with Crippen LogP contribution in [0.3, 0.4) is 0 Å². The van der Waals surface area contributed by atoms with Crippen LogP contribution in [0.5, 0.6) is 11.5 Å². The molecule has 176 valence electrons. The highest BCUT2D eigenvalue weighted by atomic mass is 16.5. The van der Waals surface area contributed by atoms with Crippen molar-refractivity contribution in [3.8, 4) is 11.5 Å². The standard InChI is InChI=1S/C26H31NO6/c1-18-22-8-12-31-24(22)26(33-17-21(29)16-20-6-4-3-5-7-20)25(23(18)19(2)28)32-15-11-27-9-13-30-14-10-27/h3-8,12,21,29H,9-11,13-17H2,1-2H3/t21-/m0/s1. The molecule has 1 aromatic heterocycles. The number of hydrogen-bond donors (Lipinski definition) is 1. The van der Waals surface area contributed by atoms with Gasteiger partial charge >= 0.3 is 0 Å². The second-order valence-electron chi connectivity index (χ2n) is 8.33. The first-order chi connectivity index (χ1) is 16.0. The monoisotopic (exact) mass is 453 g/mol. The summed E-state index contributed by atoms with van der Waals surface area (Å²) in [7, 11) is 0. The van der Waals surface area contributed by atoms with E-state index < -0.39 is 6.10 Å². The van der Waals surface area contributed by atoms with Crippen molar-refractivity contribution in [2.24, 2.45) is 0 Å². The van der Waals surface area contributed by atoms with Crippen molar-refractivity contribution in [3.05, 3.63) is 59.4 Å². The summed E-state index contributed by atoms with van der Waals surface area (Å²) >= 11 is 0. The highest BCUT2D eigenvalue weighted by Gasteiger charge is 2.25. The average Bonchev–Trinajstić information content (AvgIpc) is 3.30. The molecule has 1 saturated heterocycles. The van der Waals surface area contributed by atoms with Crippen LogP contribution in [0.15, 0.2) is 47.1 Å². The minimum Gasteiger partial charge on any atom is -0.487 e. The third kappa shape index (κ3) is 5.55. The Morgan fingerprint density at radius 2 is 1.88 bits per heavy atom. The quantitative estimate of drug-likeness (QED) is 0.470. The van der Waals surface area contributed by atoms with Crippen LogP contribution in [0, 0.1) is 6.92 Å². The zero-order chi connectivity index (χ0) is 23.2. The normalized spacial score (nSPS) is 15.5. The molecule has 0 aliphatic carbocycles. The zero-order valence-corrected chi connectivity index (χ0v) is 19.2. The molecule has 1 atom stereocenters. The van der Waals surface area contributed by atoms with Crippen molar-refractivity contribution in [1.82, 2.24) is 4.90 Å². The van der Waals surface area contributed by atoms with E-state index in [2.05, 4.69) is 4.90 Å². The number of ether oxygens (including phenoxy) is 3. The second-order valence-corrected chi connectivity index (χ2v) is 8.33. The number of nitrogens with zero attached hydrogens (tertiary/aromatic N) is 1. The number of ketones is 1. The number of aliphatic hydroxyl groups excluding tert-OH is 1. The van der Waals surface area contributed by atoms with E-state index in [1.54, 1.807) is 6.26 Å². The van der Waals surface area contributed by atoms with Gasteiger partial charge in [-0.3, -0.25) is 9.69 Å². The number of rotatable bonds is 10. The average molecular weight is 454 g/mol. The molecule has 7 heteroatoms. The second kappa shape index (κ2) is 10.8. The predicted molar refractivity (Wildman–Crippen MR) is 125 cm³/mol. The summed E-state index contributed by atoms with van der Waals surface area (Å²) in [5, 5.41) is 11.4. The number of carbonyl (C=O) groups is 1. The number of fused-ring (bicyclic) bond motifs is 1. The van der Waals surface area contributed by atoms with Gasteiger partial charge in [-0.05, 0) is 31.0 Å². The molecular formula is C26H31NO6. The number of Topliss-reactive ketones (excluding diaryl/α,β-unsaturated/α-hetero) is 1. The fraction of sp³-hybridized carbons (Fsp3) is 0.423. The Morgan fingerprint density at radius 1 is 1.12 bits per heavy atom. The molecule has 0 unspecified atom stereocenters. The van der Waals surface area contributed by atoms with Crippen LogP contribution in [0.4, 0.5) is 0 Å². The van der Waals surface area contributed by atoms with Gasteiger partial charge in [-0.1, -0.05) is 30.3 Å². The fourth-order valence-electron chi connectivity index (χ4n) is 4.22. The molecule has 33 heavy (non-hydrogen) atoms. The van der Waals surface area contributed by atoms with E-state index in [1.165, 1.54) is 6.92 Å². The first kappa shape index (κ1) is 23.3. The lowest BCUT2D eigenvalue weighted by Gasteiger charge is -2.27. The van der Waals surface area contributed by atoms with E-state index in [9.17, 15) is 9.90 Å². The third-order valence-corrected chi connectivity index (χ3v) is 5.93. The Hall–Kier alpha value is -2.87. The first-order valence-electron chi connectivity index (χ1n) is 11.4. The summed E-state index contributed by atoms with van der Waals surface area (Å²) in [5.41, 5.74) is 2.82. The van der Waals surface area contributed by atoms with Gasteiger partial charge in [0.15, 0.2) is 17.1 Å². The van der Waals surface area contributed by atoms with Crippen molar-refractivity contribution in [2.45, 2.75) is 26.4 Å². The molecule has 0 spiro atoms. The van der Waals surface area contributed by atoms with Gasteiger partial charge in [0.2, 0.25) is 5.75 Å². The molecule has 0 saturated carbocycles. The van der Waals surface area contributed by atoms with Crippen molar-refractivity contribution in [3.63, 3.8) is 0 Å². The number of furan rings is 1. The fourth-order valence-corrected chi connectivity index (χ4v) is 4.22. The van der Waals surface area contributed by atoms with Crippen LogP contribution < -0.4 is 9.47 Å². The lowest BCUT2D eigenvalue weighted by Crippen LogP contribution is -2.38. The van der Waals surface area contributed by atoms with Gasteiger partial charge in [-0.25, -0.2) is 0 Å². The zero-order valence-electron chi connectivity index (χ0n) is 19.2. The smallest absolute Gasteiger partial charge is 0.205 e. The summed E-state index contributed by atoms with van der Waals surface area (Å²) in [6.07, 6.45) is 1.31. The topological polar surface area (TPSA) is 81.4 Å². The van der Waals surface area contributed by atoms with Gasteiger partial charge in [-0.15, -0.1) is 0 Å². The molecule has 0 bridgehead atoms. The molecule has 4 rings (SSSR count). The molecule has 2 heterocycles. The molecule has 3 aromatic rings. The van der Waals surface area contributed by atoms with E-state index in [4.69, 9.17) is 18.6 Å². The number of benzene rings is 2. The molecule has 1 N–H and O–H groups in total.